The molecule has 0 aromatic heterocycles. The van der Waals surface area contributed by atoms with Crippen LogP contribution in [0.3, 0.4) is 0 Å². The van der Waals surface area contributed by atoms with E-state index in [1.165, 1.54) is 6.08 Å². The van der Waals surface area contributed by atoms with Gasteiger partial charge in [0.1, 0.15) is 11.9 Å². The molecule has 2 aromatic rings. The van der Waals surface area contributed by atoms with Crippen LogP contribution in [0, 0.1) is 0 Å². The molecule has 3 aliphatic rings. The van der Waals surface area contributed by atoms with Crippen molar-refractivity contribution in [3.05, 3.63) is 47.5 Å². The molecule has 0 amide bonds. The van der Waals surface area contributed by atoms with Gasteiger partial charge in [0.25, 0.3) is 0 Å². The monoisotopic (exact) mass is 435 g/mol. The second kappa shape index (κ2) is 8.51. The summed E-state index contributed by atoms with van der Waals surface area (Å²) in [6.07, 6.45) is 7.17. The third-order valence-electron chi connectivity index (χ3n) is 7.05. The SMILES string of the molecule is COc1cc2c(cc1OC)[C@@H]1C[C@@H](OC(=O)/C=C\c3ccc(O)c-2c3)[C@H]2CCCCN2C1. The van der Waals surface area contributed by atoms with Gasteiger partial charge in [0.2, 0.25) is 0 Å². The highest BCUT2D eigenvalue weighted by molar-refractivity contribution is 5.88. The fraction of sp³-hybridized carbons (Fsp3) is 0.423. The van der Waals surface area contributed by atoms with Crippen molar-refractivity contribution in [2.24, 2.45) is 0 Å². The Hall–Kier alpha value is -2.99. The standard InChI is InChI=1S/C26H29NO5/c1-30-24-13-18-17-12-23(21-5-3-4-10-27(21)15-17)32-26(29)9-7-16-6-8-22(28)20(11-16)19(18)14-25(24)31-2/h6-9,11,13-14,17,21,23,28H,3-5,10,12,15H2,1-2H3/b9-7-/t17-,21-,23-/m1/s1. The lowest BCUT2D eigenvalue weighted by Crippen LogP contribution is -2.54. The molecule has 1 N–H and O–H groups in total. The lowest BCUT2D eigenvalue weighted by molar-refractivity contribution is -0.151. The first-order valence-corrected chi connectivity index (χ1v) is 11.3. The fourth-order valence-electron chi connectivity index (χ4n) is 5.50. The highest BCUT2D eigenvalue weighted by atomic mass is 16.5. The summed E-state index contributed by atoms with van der Waals surface area (Å²) < 4.78 is 17.2. The van der Waals surface area contributed by atoms with E-state index in [4.69, 9.17) is 14.2 Å². The number of nitrogens with zero attached hydrogens (tertiary/aromatic N) is 1. The number of esters is 1. The van der Waals surface area contributed by atoms with Gasteiger partial charge in [-0.15, -0.1) is 0 Å². The number of carbonyl (C=O) groups is 1. The Morgan fingerprint density at radius 3 is 2.66 bits per heavy atom. The van der Waals surface area contributed by atoms with Gasteiger partial charge in [0, 0.05) is 30.1 Å². The molecular formula is C26H29NO5. The Morgan fingerprint density at radius 1 is 1.03 bits per heavy atom. The van der Waals surface area contributed by atoms with Crippen LogP contribution in [0.5, 0.6) is 17.2 Å². The maximum absolute atomic E-state index is 12.7. The maximum Gasteiger partial charge on any atom is 0.331 e. The van der Waals surface area contributed by atoms with E-state index in [2.05, 4.69) is 4.90 Å². The molecule has 2 fully saturated rings. The van der Waals surface area contributed by atoms with Crippen molar-refractivity contribution in [2.75, 3.05) is 27.3 Å². The minimum atomic E-state index is -0.316. The van der Waals surface area contributed by atoms with Gasteiger partial charge in [-0.05, 0) is 72.8 Å². The predicted octanol–water partition coefficient (Wildman–Crippen LogP) is 4.36. The van der Waals surface area contributed by atoms with Gasteiger partial charge < -0.3 is 19.3 Å². The van der Waals surface area contributed by atoms with E-state index < -0.39 is 0 Å². The number of hydrogen-bond acceptors (Lipinski definition) is 6. The van der Waals surface area contributed by atoms with Crippen LogP contribution in [-0.4, -0.2) is 55.4 Å². The Kier molecular flexibility index (Phi) is 5.55. The van der Waals surface area contributed by atoms with Crippen LogP contribution < -0.4 is 9.47 Å². The van der Waals surface area contributed by atoms with Crippen LogP contribution >= 0.6 is 0 Å². The summed E-state index contributed by atoms with van der Waals surface area (Å²) in [5.74, 6) is 1.28. The van der Waals surface area contributed by atoms with Crippen molar-refractivity contribution in [3.63, 3.8) is 0 Å². The normalized spacial score (nSPS) is 25.9. The summed E-state index contributed by atoms with van der Waals surface area (Å²) in [4.78, 5) is 15.1. The summed E-state index contributed by atoms with van der Waals surface area (Å²) >= 11 is 0. The summed E-state index contributed by atoms with van der Waals surface area (Å²) in [5, 5.41) is 10.8. The van der Waals surface area contributed by atoms with Crippen molar-refractivity contribution in [2.45, 2.75) is 43.7 Å². The van der Waals surface area contributed by atoms with E-state index in [-0.39, 0.29) is 29.8 Å². The van der Waals surface area contributed by atoms with Crippen LogP contribution in [0.25, 0.3) is 17.2 Å². The molecule has 168 valence electrons. The molecule has 6 nitrogen and oxygen atoms in total. The van der Waals surface area contributed by atoms with E-state index in [1.807, 2.05) is 18.2 Å². The van der Waals surface area contributed by atoms with Crippen molar-refractivity contribution >= 4 is 12.0 Å². The molecule has 3 atom stereocenters. The van der Waals surface area contributed by atoms with E-state index in [0.29, 0.717) is 11.5 Å². The topological polar surface area (TPSA) is 68.2 Å². The smallest absolute Gasteiger partial charge is 0.331 e. The number of aromatic hydroxyl groups is 1. The molecule has 0 radical (unpaired) electrons. The van der Waals surface area contributed by atoms with Gasteiger partial charge in [0.05, 0.1) is 14.2 Å². The van der Waals surface area contributed by atoms with Crippen molar-refractivity contribution in [1.29, 1.82) is 0 Å². The first-order valence-electron chi connectivity index (χ1n) is 11.3. The number of benzene rings is 2. The minimum absolute atomic E-state index is 0.128. The molecule has 0 aliphatic carbocycles. The second-order valence-electron chi connectivity index (χ2n) is 8.87. The zero-order valence-corrected chi connectivity index (χ0v) is 18.5. The Labute approximate surface area is 188 Å². The van der Waals surface area contributed by atoms with E-state index in [9.17, 15) is 9.90 Å². The first-order chi connectivity index (χ1) is 15.6. The largest absolute Gasteiger partial charge is 0.507 e. The van der Waals surface area contributed by atoms with E-state index in [0.717, 1.165) is 61.0 Å². The molecular weight excluding hydrogens is 406 g/mol. The van der Waals surface area contributed by atoms with Crippen molar-refractivity contribution < 1.29 is 24.1 Å². The highest BCUT2D eigenvalue weighted by Gasteiger charge is 2.41. The lowest BCUT2D eigenvalue weighted by atomic mass is 9.79. The molecule has 5 rings (SSSR count). The number of phenols is 1. The molecule has 4 bridgehead atoms. The summed E-state index contributed by atoms with van der Waals surface area (Å²) in [6, 6.07) is 9.59. The molecule has 3 heterocycles. The molecule has 0 saturated carbocycles. The highest BCUT2D eigenvalue weighted by Crippen LogP contribution is 2.46. The predicted molar refractivity (Wildman–Crippen MR) is 122 cm³/mol. The zero-order chi connectivity index (χ0) is 22.2. The average molecular weight is 436 g/mol. The van der Waals surface area contributed by atoms with E-state index >= 15 is 0 Å². The number of fused-ring (bicyclic) bond motifs is 9. The van der Waals surface area contributed by atoms with E-state index in [1.54, 1.807) is 32.4 Å². The Bertz CT molecular complexity index is 1060. The number of piperidine rings is 2. The van der Waals surface area contributed by atoms with Gasteiger partial charge in [-0.3, -0.25) is 4.90 Å². The number of phenolic OH excluding ortho intramolecular Hbond substituents is 1. The minimum Gasteiger partial charge on any atom is -0.507 e. The van der Waals surface area contributed by atoms with Gasteiger partial charge in [-0.25, -0.2) is 4.79 Å². The van der Waals surface area contributed by atoms with Crippen LogP contribution in [0.15, 0.2) is 36.4 Å². The Morgan fingerprint density at radius 2 is 1.84 bits per heavy atom. The number of rotatable bonds is 2. The lowest BCUT2D eigenvalue weighted by Gasteiger charge is -2.47. The van der Waals surface area contributed by atoms with Crippen LogP contribution in [0.1, 0.15) is 42.7 Å². The fourth-order valence-corrected chi connectivity index (χ4v) is 5.50. The summed E-state index contributed by atoms with van der Waals surface area (Å²) in [6.45, 7) is 1.89. The number of carbonyl (C=O) groups excluding carboxylic acids is 1. The second-order valence-corrected chi connectivity index (χ2v) is 8.87. The molecule has 2 saturated heterocycles. The molecule has 3 aliphatic heterocycles. The van der Waals surface area contributed by atoms with Gasteiger partial charge in [-0.1, -0.05) is 12.5 Å². The first kappa shape index (κ1) is 20.9. The Balaban J connectivity index is 1.72. The van der Waals surface area contributed by atoms with Crippen LogP contribution in [0.4, 0.5) is 0 Å². The average Bonchev–Trinajstić information content (AvgIpc) is 2.82. The summed E-state index contributed by atoms with van der Waals surface area (Å²) in [5.41, 5.74) is 3.53. The third-order valence-corrected chi connectivity index (χ3v) is 7.05. The molecule has 32 heavy (non-hydrogen) atoms. The number of methoxy groups -OCH3 is 2. The quantitative estimate of drug-likeness (QED) is 0.707. The molecule has 6 heteroatoms. The number of ether oxygens (including phenoxy) is 3. The third kappa shape index (κ3) is 3.73. The maximum atomic E-state index is 12.7. The molecule has 0 spiro atoms. The molecule has 2 aromatic carbocycles. The summed E-state index contributed by atoms with van der Waals surface area (Å²) in [7, 11) is 3.25. The number of hydrogen-bond donors (Lipinski definition) is 1. The van der Waals surface area contributed by atoms with Gasteiger partial charge in [0.15, 0.2) is 11.5 Å². The van der Waals surface area contributed by atoms with Crippen molar-refractivity contribution in [3.8, 4) is 28.4 Å². The van der Waals surface area contributed by atoms with Gasteiger partial charge >= 0.3 is 5.97 Å². The zero-order valence-electron chi connectivity index (χ0n) is 18.5. The molecule has 0 unspecified atom stereocenters. The van der Waals surface area contributed by atoms with Gasteiger partial charge in [-0.2, -0.15) is 0 Å². The van der Waals surface area contributed by atoms with Crippen LogP contribution in [-0.2, 0) is 9.53 Å². The van der Waals surface area contributed by atoms with Crippen molar-refractivity contribution in [1.82, 2.24) is 4.90 Å². The van der Waals surface area contributed by atoms with Crippen LogP contribution in [0.2, 0.25) is 0 Å².